The Bertz CT molecular complexity index is 590. The van der Waals surface area contributed by atoms with E-state index in [0.717, 1.165) is 10.0 Å². The van der Waals surface area contributed by atoms with Crippen LogP contribution in [0.1, 0.15) is 11.1 Å². The van der Waals surface area contributed by atoms with Gasteiger partial charge in [-0.3, -0.25) is 0 Å². The largest absolute Gasteiger partial charge is 0.487 e. The van der Waals surface area contributed by atoms with E-state index in [4.69, 9.17) is 21.6 Å². The lowest BCUT2D eigenvalue weighted by Crippen LogP contribution is -1.97. The van der Waals surface area contributed by atoms with Crippen LogP contribution in [-0.2, 0) is 6.61 Å². The van der Waals surface area contributed by atoms with Crippen LogP contribution in [0.25, 0.3) is 0 Å². The summed E-state index contributed by atoms with van der Waals surface area (Å²) < 4.78 is 6.63. The van der Waals surface area contributed by atoms with Gasteiger partial charge in [-0.25, -0.2) is 0 Å². The topological polar surface area (TPSA) is 33.0 Å². The molecule has 0 bridgehead atoms. The van der Waals surface area contributed by atoms with Gasteiger partial charge < -0.3 is 4.74 Å². The zero-order valence-corrected chi connectivity index (χ0v) is 11.7. The molecule has 0 aromatic heterocycles. The normalized spacial score (nSPS) is 9.83. The van der Waals surface area contributed by atoms with Gasteiger partial charge in [-0.15, -0.1) is 0 Å². The van der Waals surface area contributed by atoms with Gasteiger partial charge in [0.2, 0.25) is 0 Å². The summed E-state index contributed by atoms with van der Waals surface area (Å²) in [6, 6.07) is 14.9. The standard InChI is InChI=1S/C14H9BrClNO/c15-12-4-1-10(2-5-12)9-18-14-7-13(16)6-3-11(14)8-17/h1-7H,9H2. The van der Waals surface area contributed by atoms with Gasteiger partial charge >= 0.3 is 0 Å². The van der Waals surface area contributed by atoms with Gasteiger partial charge in [-0.05, 0) is 29.8 Å². The van der Waals surface area contributed by atoms with Crippen molar-refractivity contribution in [3.63, 3.8) is 0 Å². The Kier molecular flexibility index (Phi) is 4.24. The third kappa shape index (κ3) is 3.25. The highest BCUT2D eigenvalue weighted by molar-refractivity contribution is 9.10. The van der Waals surface area contributed by atoms with Crippen molar-refractivity contribution in [2.45, 2.75) is 6.61 Å². The molecule has 2 aromatic rings. The van der Waals surface area contributed by atoms with E-state index >= 15 is 0 Å². The van der Waals surface area contributed by atoms with Crippen LogP contribution in [0.2, 0.25) is 5.02 Å². The molecule has 2 aromatic carbocycles. The number of nitriles is 1. The fourth-order valence-corrected chi connectivity index (χ4v) is 1.88. The molecule has 0 radical (unpaired) electrons. The summed E-state index contributed by atoms with van der Waals surface area (Å²) in [6.45, 7) is 0.405. The van der Waals surface area contributed by atoms with E-state index in [1.807, 2.05) is 24.3 Å². The van der Waals surface area contributed by atoms with E-state index in [9.17, 15) is 0 Å². The Morgan fingerprint density at radius 1 is 1.17 bits per heavy atom. The molecule has 2 nitrogen and oxygen atoms in total. The molecule has 0 fully saturated rings. The number of rotatable bonds is 3. The summed E-state index contributed by atoms with van der Waals surface area (Å²) in [4.78, 5) is 0. The van der Waals surface area contributed by atoms with Crippen molar-refractivity contribution in [2.75, 3.05) is 0 Å². The van der Waals surface area contributed by atoms with E-state index in [2.05, 4.69) is 22.0 Å². The molecule has 90 valence electrons. The lowest BCUT2D eigenvalue weighted by molar-refractivity contribution is 0.305. The fourth-order valence-electron chi connectivity index (χ4n) is 1.45. The summed E-state index contributed by atoms with van der Waals surface area (Å²) in [5.41, 5.74) is 1.51. The molecule has 0 aliphatic carbocycles. The molecule has 0 aliphatic heterocycles. The molecule has 0 aliphatic rings. The highest BCUT2D eigenvalue weighted by Crippen LogP contribution is 2.23. The number of hydrogen-bond acceptors (Lipinski definition) is 2. The Morgan fingerprint density at radius 3 is 2.56 bits per heavy atom. The first-order chi connectivity index (χ1) is 8.69. The monoisotopic (exact) mass is 321 g/mol. The summed E-state index contributed by atoms with van der Waals surface area (Å²) in [6.07, 6.45) is 0. The predicted molar refractivity (Wildman–Crippen MR) is 74.6 cm³/mol. The Labute approximate surface area is 119 Å². The highest BCUT2D eigenvalue weighted by Gasteiger charge is 2.04. The molecular formula is C14H9BrClNO. The maximum absolute atomic E-state index is 8.96. The second kappa shape index (κ2) is 5.90. The Morgan fingerprint density at radius 2 is 1.89 bits per heavy atom. The van der Waals surface area contributed by atoms with E-state index in [1.165, 1.54) is 0 Å². The molecule has 0 N–H and O–H groups in total. The highest BCUT2D eigenvalue weighted by atomic mass is 79.9. The second-order valence-corrected chi connectivity index (χ2v) is 5.02. The van der Waals surface area contributed by atoms with E-state index in [0.29, 0.717) is 22.9 Å². The minimum absolute atomic E-state index is 0.405. The van der Waals surface area contributed by atoms with E-state index < -0.39 is 0 Å². The van der Waals surface area contributed by atoms with Gasteiger partial charge in [0.05, 0.1) is 5.56 Å². The van der Waals surface area contributed by atoms with Crippen LogP contribution in [0, 0.1) is 11.3 Å². The lowest BCUT2D eigenvalue weighted by Gasteiger charge is -2.08. The molecule has 0 saturated heterocycles. The minimum atomic E-state index is 0.405. The Hall–Kier alpha value is -1.50. The smallest absolute Gasteiger partial charge is 0.139 e. The van der Waals surface area contributed by atoms with Gasteiger partial charge in [0.15, 0.2) is 0 Å². The van der Waals surface area contributed by atoms with Crippen LogP contribution in [0.4, 0.5) is 0 Å². The molecule has 0 unspecified atom stereocenters. The summed E-state index contributed by atoms with van der Waals surface area (Å²) >= 11 is 9.25. The van der Waals surface area contributed by atoms with Crippen molar-refractivity contribution in [1.29, 1.82) is 5.26 Å². The number of ether oxygens (including phenoxy) is 1. The number of hydrogen-bond donors (Lipinski definition) is 0. The Balaban J connectivity index is 2.13. The predicted octanol–water partition coefficient (Wildman–Crippen LogP) is 4.55. The van der Waals surface area contributed by atoms with Gasteiger partial charge in [0.25, 0.3) is 0 Å². The van der Waals surface area contributed by atoms with Crippen molar-refractivity contribution in [1.82, 2.24) is 0 Å². The maximum atomic E-state index is 8.96. The third-order valence-corrected chi connectivity index (χ3v) is 3.14. The molecule has 0 spiro atoms. The maximum Gasteiger partial charge on any atom is 0.139 e. The molecule has 2 rings (SSSR count). The molecule has 0 amide bonds. The van der Waals surface area contributed by atoms with Crippen molar-refractivity contribution < 1.29 is 4.74 Å². The van der Waals surface area contributed by atoms with Crippen LogP contribution < -0.4 is 4.74 Å². The quantitative estimate of drug-likeness (QED) is 0.830. The third-order valence-electron chi connectivity index (χ3n) is 2.37. The SMILES string of the molecule is N#Cc1ccc(Cl)cc1OCc1ccc(Br)cc1. The zero-order chi connectivity index (χ0) is 13.0. The minimum Gasteiger partial charge on any atom is -0.487 e. The van der Waals surface area contributed by atoms with Crippen LogP contribution in [-0.4, -0.2) is 0 Å². The van der Waals surface area contributed by atoms with Crippen molar-refractivity contribution in [3.05, 3.63) is 63.1 Å². The first kappa shape index (κ1) is 12.9. The summed E-state index contributed by atoms with van der Waals surface area (Å²) in [5.74, 6) is 0.507. The van der Waals surface area contributed by atoms with E-state index in [-0.39, 0.29) is 0 Å². The molecule has 18 heavy (non-hydrogen) atoms. The second-order valence-electron chi connectivity index (χ2n) is 3.67. The summed E-state index contributed by atoms with van der Waals surface area (Å²) in [5, 5.41) is 9.52. The number of nitrogens with zero attached hydrogens (tertiary/aromatic N) is 1. The first-order valence-corrected chi connectivity index (χ1v) is 6.43. The van der Waals surface area contributed by atoms with Gasteiger partial charge in [0.1, 0.15) is 18.4 Å². The first-order valence-electron chi connectivity index (χ1n) is 5.26. The fraction of sp³-hybridized carbons (Fsp3) is 0.0714. The van der Waals surface area contributed by atoms with Crippen LogP contribution >= 0.6 is 27.5 Å². The molecule has 4 heteroatoms. The average Bonchev–Trinajstić information content (AvgIpc) is 2.38. The molecular weight excluding hydrogens is 314 g/mol. The average molecular weight is 323 g/mol. The summed E-state index contributed by atoms with van der Waals surface area (Å²) in [7, 11) is 0. The van der Waals surface area contributed by atoms with E-state index in [1.54, 1.807) is 18.2 Å². The zero-order valence-electron chi connectivity index (χ0n) is 9.36. The van der Waals surface area contributed by atoms with Crippen LogP contribution in [0.5, 0.6) is 5.75 Å². The molecule has 0 atom stereocenters. The van der Waals surface area contributed by atoms with Gasteiger partial charge in [-0.1, -0.05) is 39.7 Å². The van der Waals surface area contributed by atoms with Crippen molar-refractivity contribution in [3.8, 4) is 11.8 Å². The lowest BCUT2D eigenvalue weighted by atomic mass is 10.2. The molecule has 0 heterocycles. The number of halogens is 2. The van der Waals surface area contributed by atoms with Gasteiger partial charge in [0, 0.05) is 15.6 Å². The van der Waals surface area contributed by atoms with Crippen molar-refractivity contribution >= 4 is 27.5 Å². The van der Waals surface area contributed by atoms with Crippen LogP contribution in [0.3, 0.4) is 0 Å². The molecule has 0 saturated carbocycles. The van der Waals surface area contributed by atoms with Crippen LogP contribution in [0.15, 0.2) is 46.9 Å². The number of benzene rings is 2. The van der Waals surface area contributed by atoms with Crippen molar-refractivity contribution in [2.24, 2.45) is 0 Å². The van der Waals surface area contributed by atoms with Gasteiger partial charge in [-0.2, -0.15) is 5.26 Å².